The molecule has 2 aromatic rings. The van der Waals surface area contributed by atoms with Gasteiger partial charge in [-0.3, -0.25) is 14.4 Å². The SMILES string of the molecule is O.O.O=C1Cc2ccc(NC(=O)C(=O)N3CCC(Cc4ccc(F)cc4)CC3)cc2N1. The summed E-state index contributed by atoms with van der Waals surface area (Å²) in [6.07, 6.45) is 2.78. The van der Waals surface area contributed by atoms with E-state index in [1.54, 1.807) is 35.2 Å². The second-order valence-corrected chi connectivity index (χ2v) is 7.62. The van der Waals surface area contributed by atoms with Crippen LogP contribution in [0.2, 0.25) is 0 Å². The maximum absolute atomic E-state index is 13.0. The number of halogens is 1. The molecule has 2 heterocycles. The number of carbonyl (C=O) groups excluding carboxylic acids is 3. The lowest BCUT2D eigenvalue weighted by molar-refractivity contribution is -0.144. The molecule has 0 aliphatic carbocycles. The first-order valence-corrected chi connectivity index (χ1v) is 9.75. The summed E-state index contributed by atoms with van der Waals surface area (Å²) in [5, 5.41) is 5.35. The molecule has 4 rings (SSSR count). The highest BCUT2D eigenvalue weighted by molar-refractivity contribution is 6.39. The third kappa shape index (κ3) is 5.65. The minimum Gasteiger partial charge on any atom is -0.412 e. The largest absolute Gasteiger partial charge is 0.412 e. The van der Waals surface area contributed by atoms with E-state index >= 15 is 0 Å². The van der Waals surface area contributed by atoms with Crippen LogP contribution in [0.25, 0.3) is 0 Å². The van der Waals surface area contributed by atoms with Crippen molar-refractivity contribution in [1.29, 1.82) is 0 Å². The summed E-state index contributed by atoms with van der Waals surface area (Å²) in [5.74, 6) is -1.14. The highest BCUT2D eigenvalue weighted by Crippen LogP contribution is 2.26. The summed E-state index contributed by atoms with van der Waals surface area (Å²) in [4.78, 5) is 37.9. The van der Waals surface area contributed by atoms with Crippen LogP contribution in [0.15, 0.2) is 42.5 Å². The maximum atomic E-state index is 13.0. The molecule has 2 aromatic carbocycles. The number of hydrogen-bond donors (Lipinski definition) is 2. The van der Waals surface area contributed by atoms with Gasteiger partial charge in [-0.1, -0.05) is 18.2 Å². The van der Waals surface area contributed by atoms with Crippen molar-refractivity contribution in [3.63, 3.8) is 0 Å². The predicted molar refractivity (Wildman–Crippen MR) is 114 cm³/mol. The molecule has 9 heteroatoms. The Labute approximate surface area is 179 Å². The fourth-order valence-corrected chi connectivity index (χ4v) is 3.91. The highest BCUT2D eigenvalue weighted by Gasteiger charge is 2.27. The molecule has 3 amide bonds. The van der Waals surface area contributed by atoms with Crippen molar-refractivity contribution in [1.82, 2.24) is 4.90 Å². The Balaban J connectivity index is 0.00000171. The van der Waals surface area contributed by atoms with Crippen LogP contribution in [0.3, 0.4) is 0 Å². The number of nitrogens with one attached hydrogen (secondary N) is 2. The first kappa shape index (κ1) is 24.0. The fraction of sp³-hybridized carbons (Fsp3) is 0.318. The number of fused-ring (bicyclic) bond motifs is 1. The molecule has 1 fully saturated rings. The zero-order valence-corrected chi connectivity index (χ0v) is 16.9. The summed E-state index contributed by atoms with van der Waals surface area (Å²) in [5.41, 5.74) is 3.11. The van der Waals surface area contributed by atoms with Gasteiger partial charge in [0.05, 0.1) is 6.42 Å². The predicted octanol–water partition coefficient (Wildman–Crippen LogP) is 1.09. The number of piperidine rings is 1. The molecule has 0 saturated carbocycles. The zero-order valence-electron chi connectivity index (χ0n) is 16.9. The van der Waals surface area contributed by atoms with Gasteiger partial charge in [-0.05, 0) is 60.6 Å². The lowest BCUT2D eigenvalue weighted by Gasteiger charge is -2.31. The lowest BCUT2D eigenvalue weighted by atomic mass is 9.90. The van der Waals surface area contributed by atoms with Crippen molar-refractivity contribution in [2.75, 3.05) is 23.7 Å². The quantitative estimate of drug-likeness (QED) is 0.703. The number of carbonyl (C=O) groups is 3. The molecule has 6 N–H and O–H groups in total. The topological polar surface area (TPSA) is 142 Å². The van der Waals surface area contributed by atoms with Crippen LogP contribution in [-0.4, -0.2) is 46.7 Å². The standard InChI is InChI=1S/C22H22FN3O3.2H2O/c23-17-4-1-14(2-5-17)11-15-7-9-26(10-8-15)22(29)21(28)24-18-6-3-16-12-20(27)25-19(16)13-18;;/h1-6,13,15H,7-12H2,(H,24,28)(H,25,27);2*1H2. The van der Waals surface area contributed by atoms with Crippen LogP contribution in [0.5, 0.6) is 0 Å². The van der Waals surface area contributed by atoms with E-state index in [0.29, 0.717) is 36.8 Å². The van der Waals surface area contributed by atoms with Gasteiger partial charge >= 0.3 is 11.8 Å². The first-order chi connectivity index (χ1) is 14.0. The van der Waals surface area contributed by atoms with E-state index in [1.807, 2.05) is 0 Å². The van der Waals surface area contributed by atoms with E-state index in [9.17, 15) is 18.8 Å². The summed E-state index contributed by atoms with van der Waals surface area (Å²) < 4.78 is 13.0. The number of amides is 3. The average Bonchev–Trinajstić information content (AvgIpc) is 3.09. The fourth-order valence-electron chi connectivity index (χ4n) is 3.91. The molecular formula is C22H26FN3O5. The Morgan fingerprint density at radius 3 is 2.42 bits per heavy atom. The third-order valence-corrected chi connectivity index (χ3v) is 5.53. The molecule has 2 aliphatic heterocycles. The summed E-state index contributed by atoms with van der Waals surface area (Å²) >= 11 is 0. The molecule has 31 heavy (non-hydrogen) atoms. The molecule has 0 aromatic heterocycles. The minimum absolute atomic E-state index is 0. The van der Waals surface area contributed by atoms with Gasteiger partial charge in [-0.15, -0.1) is 0 Å². The summed E-state index contributed by atoms with van der Waals surface area (Å²) in [6, 6.07) is 11.6. The molecule has 1 saturated heterocycles. The van der Waals surface area contributed by atoms with Crippen molar-refractivity contribution in [2.24, 2.45) is 5.92 Å². The van der Waals surface area contributed by atoms with Gasteiger partial charge in [-0.25, -0.2) is 4.39 Å². The van der Waals surface area contributed by atoms with Crippen LogP contribution >= 0.6 is 0 Å². The van der Waals surface area contributed by atoms with Crippen molar-refractivity contribution in [2.45, 2.75) is 25.7 Å². The molecule has 0 spiro atoms. The summed E-state index contributed by atoms with van der Waals surface area (Å²) in [7, 11) is 0. The maximum Gasteiger partial charge on any atom is 0.313 e. The van der Waals surface area contributed by atoms with Crippen molar-refractivity contribution >= 4 is 29.1 Å². The monoisotopic (exact) mass is 431 g/mol. The molecule has 0 unspecified atom stereocenters. The number of rotatable bonds is 3. The van der Waals surface area contributed by atoms with Crippen LogP contribution in [-0.2, 0) is 27.2 Å². The van der Waals surface area contributed by atoms with Crippen LogP contribution < -0.4 is 10.6 Å². The zero-order chi connectivity index (χ0) is 20.4. The van der Waals surface area contributed by atoms with E-state index in [0.717, 1.165) is 30.4 Å². The number of benzene rings is 2. The van der Waals surface area contributed by atoms with Crippen LogP contribution in [0.4, 0.5) is 15.8 Å². The van der Waals surface area contributed by atoms with Crippen LogP contribution in [0, 0.1) is 11.7 Å². The Morgan fingerprint density at radius 2 is 1.74 bits per heavy atom. The highest BCUT2D eigenvalue weighted by atomic mass is 19.1. The van der Waals surface area contributed by atoms with Gasteiger partial charge in [0.1, 0.15) is 5.82 Å². The Hall–Kier alpha value is -3.30. The van der Waals surface area contributed by atoms with Crippen molar-refractivity contribution in [3.05, 3.63) is 59.4 Å². The number of nitrogens with zero attached hydrogens (tertiary/aromatic N) is 1. The van der Waals surface area contributed by atoms with E-state index in [-0.39, 0.29) is 22.7 Å². The number of anilines is 2. The molecule has 0 atom stereocenters. The number of hydrogen-bond acceptors (Lipinski definition) is 3. The van der Waals surface area contributed by atoms with Gasteiger partial charge in [-0.2, -0.15) is 0 Å². The van der Waals surface area contributed by atoms with Gasteiger partial charge < -0.3 is 26.5 Å². The van der Waals surface area contributed by atoms with E-state index in [4.69, 9.17) is 0 Å². The second-order valence-electron chi connectivity index (χ2n) is 7.62. The van der Waals surface area contributed by atoms with Gasteiger partial charge in [0.15, 0.2) is 0 Å². The summed E-state index contributed by atoms with van der Waals surface area (Å²) in [6.45, 7) is 1.05. The molecule has 0 radical (unpaired) electrons. The molecular weight excluding hydrogens is 405 g/mol. The van der Waals surface area contributed by atoms with Gasteiger partial charge in [0, 0.05) is 24.5 Å². The van der Waals surface area contributed by atoms with Crippen molar-refractivity contribution < 1.29 is 29.7 Å². The molecule has 0 bridgehead atoms. The second kappa shape index (κ2) is 10.1. The first-order valence-electron chi connectivity index (χ1n) is 9.75. The van der Waals surface area contributed by atoms with E-state index < -0.39 is 11.8 Å². The Morgan fingerprint density at radius 1 is 1.06 bits per heavy atom. The van der Waals surface area contributed by atoms with Crippen molar-refractivity contribution in [3.8, 4) is 0 Å². The smallest absolute Gasteiger partial charge is 0.313 e. The third-order valence-electron chi connectivity index (χ3n) is 5.53. The Bertz CT molecular complexity index is 956. The Kier molecular flexibility index (Phi) is 7.84. The molecule has 2 aliphatic rings. The average molecular weight is 431 g/mol. The van der Waals surface area contributed by atoms with Crippen LogP contribution in [0.1, 0.15) is 24.0 Å². The van der Waals surface area contributed by atoms with E-state index in [2.05, 4.69) is 10.6 Å². The van der Waals surface area contributed by atoms with Gasteiger partial charge in [0.25, 0.3) is 0 Å². The number of likely N-dealkylation sites (tertiary alicyclic amines) is 1. The lowest BCUT2D eigenvalue weighted by Crippen LogP contribution is -2.44. The molecule has 166 valence electrons. The normalized spacial score (nSPS) is 15.3. The van der Waals surface area contributed by atoms with Gasteiger partial charge in [0.2, 0.25) is 5.91 Å². The van der Waals surface area contributed by atoms with E-state index in [1.165, 1.54) is 12.1 Å². The molecule has 8 nitrogen and oxygen atoms in total. The minimum atomic E-state index is -0.675.